The summed E-state index contributed by atoms with van der Waals surface area (Å²) in [6.07, 6.45) is 6.58. The van der Waals surface area contributed by atoms with E-state index < -0.39 is 0 Å². The number of nitrogens with one attached hydrogen (secondary N) is 1. The lowest BCUT2D eigenvalue weighted by Crippen LogP contribution is -2.41. The largest absolute Gasteiger partial charge is 0.494 e. The summed E-state index contributed by atoms with van der Waals surface area (Å²) in [6.45, 7) is 5.99. The highest BCUT2D eigenvalue weighted by molar-refractivity contribution is 14.0. The van der Waals surface area contributed by atoms with Crippen molar-refractivity contribution in [2.75, 3.05) is 33.3 Å². The molecular formula is C20H32IN3O. The fourth-order valence-corrected chi connectivity index (χ4v) is 4.23. The molecule has 2 aliphatic rings. The molecule has 3 rings (SSSR count). The number of nitrogens with zero attached hydrogens (tertiary/aromatic N) is 2. The van der Waals surface area contributed by atoms with Crippen LogP contribution < -0.4 is 10.1 Å². The number of aliphatic imine (C=N–C) groups is 1. The Kier molecular flexibility index (Phi) is 8.33. The van der Waals surface area contributed by atoms with Gasteiger partial charge >= 0.3 is 0 Å². The van der Waals surface area contributed by atoms with Crippen LogP contribution in [0, 0.1) is 11.8 Å². The molecule has 1 aliphatic heterocycles. The molecule has 2 unspecified atom stereocenters. The van der Waals surface area contributed by atoms with Crippen molar-refractivity contribution in [3.8, 4) is 5.75 Å². The fraction of sp³-hybridized carbons (Fsp3) is 0.650. The SMILES string of the molecule is CCOc1ccccc1CCNC(=NC)N1CC2CCCCC2C1.I. The monoisotopic (exact) mass is 457 g/mol. The highest BCUT2D eigenvalue weighted by Gasteiger charge is 2.35. The number of ether oxygens (including phenoxy) is 1. The lowest BCUT2D eigenvalue weighted by molar-refractivity contribution is 0.299. The Bertz CT molecular complexity index is 550. The van der Waals surface area contributed by atoms with Gasteiger partial charge in [0.25, 0.3) is 0 Å². The minimum absolute atomic E-state index is 0. The van der Waals surface area contributed by atoms with Crippen LogP contribution in [0.25, 0.3) is 0 Å². The average molecular weight is 457 g/mol. The zero-order valence-corrected chi connectivity index (χ0v) is 17.9. The summed E-state index contributed by atoms with van der Waals surface area (Å²) in [5.74, 6) is 3.84. The highest BCUT2D eigenvalue weighted by atomic mass is 127. The maximum Gasteiger partial charge on any atom is 0.193 e. The number of benzene rings is 1. The normalized spacial score (nSPS) is 23.0. The summed E-state index contributed by atoms with van der Waals surface area (Å²) in [5.41, 5.74) is 1.26. The molecule has 140 valence electrons. The van der Waals surface area contributed by atoms with Gasteiger partial charge in [0.2, 0.25) is 0 Å². The third-order valence-corrected chi connectivity index (χ3v) is 5.44. The van der Waals surface area contributed by atoms with Gasteiger partial charge in [-0.2, -0.15) is 0 Å². The smallest absolute Gasteiger partial charge is 0.193 e. The van der Waals surface area contributed by atoms with Gasteiger partial charge in [-0.3, -0.25) is 4.99 Å². The molecule has 1 saturated heterocycles. The van der Waals surface area contributed by atoms with E-state index in [1.54, 1.807) is 0 Å². The molecule has 1 heterocycles. The fourth-order valence-electron chi connectivity index (χ4n) is 4.23. The van der Waals surface area contributed by atoms with Gasteiger partial charge < -0.3 is 15.0 Å². The van der Waals surface area contributed by atoms with Crippen LogP contribution in [0.4, 0.5) is 0 Å². The Morgan fingerprint density at radius 1 is 1.20 bits per heavy atom. The second-order valence-corrected chi connectivity index (χ2v) is 6.97. The summed E-state index contributed by atoms with van der Waals surface area (Å²) in [7, 11) is 1.90. The highest BCUT2D eigenvalue weighted by Crippen LogP contribution is 2.35. The molecule has 0 radical (unpaired) electrons. The van der Waals surface area contributed by atoms with E-state index in [4.69, 9.17) is 4.74 Å². The van der Waals surface area contributed by atoms with Crippen molar-refractivity contribution in [3.05, 3.63) is 29.8 Å². The van der Waals surface area contributed by atoms with Crippen LogP contribution in [0.15, 0.2) is 29.3 Å². The second-order valence-electron chi connectivity index (χ2n) is 6.97. The summed E-state index contributed by atoms with van der Waals surface area (Å²) in [4.78, 5) is 6.99. The lowest BCUT2D eigenvalue weighted by Gasteiger charge is -2.22. The van der Waals surface area contributed by atoms with Crippen molar-refractivity contribution in [1.29, 1.82) is 0 Å². The van der Waals surface area contributed by atoms with E-state index in [1.807, 2.05) is 20.0 Å². The number of hydrogen-bond donors (Lipinski definition) is 1. The molecule has 1 aromatic rings. The van der Waals surface area contributed by atoms with Gasteiger partial charge in [0.15, 0.2) is 5.96 Å². The maximum absolute atomic E-state index is 5.72. The zero-order chi connectivity index (χ0) is 16.8. The number of rotatable bonds is 5. The van der Waals surface area contributed by atoms with E-state index in [9.17, 15) is 0 Å². The maximum atomic E-state index is 5.72. The molecule has 0 aromatic heterocycles. The van der Waals surface area contributed by atoms with E-state index >= 15 is 0 Å². The Balaban J connectivity index is 0.00000225. The Labute approximate surface area is 169 Å². The van der Waals surface area contributed by atoms with Crippen LogP contribution in [0.5, 0.6) is 5.75 Å². The predicted octanol–water partition coefficient (Wildman–Crippen LogP) is 3.94. The molecule has 2 atom stereocenters. The molecule has 0 amide bonds. The van der Waals surface area contributed by atoms with E-state index in [-0.39, 0.29) is 24.0 Å². The van der Waals surface area contributed by atoms with Gasteiger partial charge in [0.05, 0.1) is 6.61 Å². The van der Waals surface area contributed by atoms with Crippen molar-refractivity contribution >= 4 is 29.9 Å². The Hall–Kier alpha value is -0.980. The molecule has 0 bridgehead atoms. The van der Waals surface area contributed by atoms with Crippen LogP contribution in [0.1, 0.15) is 38.2 Å². The number of fused-ring (bicyclic) bond motifs is 1. The predicted molar refractivity (Wildman–Crippen MR) is 115 cm³/mol. The first kappa shape index (κ1) is 20.3. The quantitative estimate of drug-likeness (QED) is 0.414. The van der Waals surface area contributed by atoms with Crippen molar-refractivity contribution < 1.29 is 4.74 Å². The first-order chi connectivity index (χ1) is 11.8. The van der Waals surface area contributed by atoms with E-state index in [2.05, 4.69) is 33.4 Å². The second kappa shape index (κ2) is 10.2. The van der Waals surface area contributed by atoms with Crippen molar-refractivity contribution in [2.24, 2.45) is 16.8 Å². The van der Waals surface area contributed by atoms with Crippen LogP contribution in [-0.2, 0) is 6.42 Å². The number of halogens is 1. The summed E-state index contributed by atoms with van der Waals surface area (Å²) >= 11 is 0. The molecule has 0 spiro atoms. The van der Waals surface area contributed by atoms with Crippen LogP contribution in [0.3, 0.4) is 0 Å². The van der Waals surface area contributed by atoms with Gasteiger partial charge in [-0.15, -0.1) is 24.0 Å². The molecule has 25 heavy (non-hydrogen) atoms. The minimum Gasteiger partial charge on any atom is -0.494 e. The van der Waals surface area contributed by atoms with Crippen LogP contribution in [0.2, 0.25) is 0 Å². The molecule has 1 N–H and O–H groups in total. The summed E-state index contributed by atoms with van der Waals surface area (Å²) in [6, 6.07) is 8.32. The first-order valence-electron chi connectivity index (χ1n) is 9.48. The van der Waals surface area contributed by atoms with Gasteiger partial charge in [-0.25, -0.2) is 0 Å². The molecule has 1 aliphatic carbocycles. The number of para-hydroxylation sites is 1. The minimum atomic E-state index is 0. The third-order valence-electron chi connectivity index (χ3n) is 5.44. The molecule has 4 nitrogen and oxygen atoms in total. The van der Waals surface area contributed by atoms with Gasteiger partial charge in [0, 0.05) is 26.7 Å². The Morgan fingerprint density at radius 3 is 2.52 bits per heavy atom. The van der Waals surface area contributed by atoms with E-state index in [1.165, 1.54) is 44.3 Å². The van der Waals surface area contributed by atoms with Crippen LogP contribution >= 0.6 is 24.0 Å². The molecule has 2 fully saturated rings. The van der Waals surface area contributed by atoms with Crippen molar-refractivity contribution in [2.45, 2.75) is 39.0 Å². The topological polar surface area (TPSA) is 36.9 Å². The summed E-state index contributed by atoms with van der Waals surface area (Å²) < 4.78 is 5.72. The third kappa shape index (κ3) is 5.25. The number of guanidine groups is 1. The molecule has 1 aromatic carbocycles. The molecular weight excluding hydrogens is 425 g/mol. The zero-order valence-electron chi connectivity index (χ0n) is 15.5. The standard InChI is InChI=1S/C20H31N3O.HI/c1-3-24-19-11-7-6-8-16(19)12-13-22-20(21-2)23-14-17-9-4-5-10-18(17)15-23;/h6-8,11,17-18H,3-5,9-10,12-15H2,1-2H3,(H,21,22);1H. The molecule has 1 saturated carbocycles. The van der Waals surface area contributed by atoms with Crippen molar-refractivity contribution in [3.63, 3.8) is 0 Å². The molecule has 5 heteroatoms. The van der Waals surface area contributed by atoms with Gasteiger partial charge in [-0.1, -0.05) is 31.0 Å². The van der Waals surface area contributed by atoms with Gasteiger partial charge in [-0.05, 0) is 49.7 Å². The van der Waals surface area contributed by atoms with Crippen molar-refractivity contribution in [1.82, 2.24) is 10.2 Å². The first-order valence-corrected chi connectivity index (χ1v) is 9.48. The van der Waals surface area contributed by atoms with Gasteiger partial charge in [0.1, 0.15) is 5.75 Å². The lowest BCUT2D eigenvalue weighted by atomic mass is 9.82. The van der Waals surface area contributed by atoms with E-state index in [0.29, 0.717) is 6.61 Å². The number of hydrogen-bond acceptors (Lipinski definition) is 2. The average Bonchev–Trinajstić information content (AvgIpc) is 3.04. The Morgan fingerprint density at radius 2 is 1.88 bits per heavy atom. The number of likely N-dealkylation sites (tertiary alicyclic amines) is 1. The van der Waals surface area contributed by atoms with E-state index in [0.717, 1.165) is 36.5 Å². The summed E-state index contributed by atoms with van der Waals surface area (Å²) in [5, 5.41) is 3.56. The van der Waals surface area contributed by atoms with Crippen LogP contribution in [-0.4, -0.2) is 44.1 Å².